The SMILES string of the molecule is CC(CCO[Si](C)(C)C(C)(C)C)[C@@H]1CC[C@H](C)[C@@H](CCC2OCCO2)[C@H](C)C1=O. The molecule has 5 atom stereocenters. The van der Waals surface area contributed by atoms with Crippen molar-refractivity contribution in [3.8, 4) is 0 Å². The second-order valence-electron chi connectivity index (χ2n) is 11.1. The minimum atomic E-state index is -1.72. The molecule has 0 bridgehead atoms. The topological polar surface area (TPSA) is 44.8 Å². The van der Waals surface area contributed by atoms with Crippen molar-refractivity contribution in [2.45, 2.75) is 98.1 Å². The molecule has 1 aliphatic heterocycles. The van der Waals surface area contributed by atoms with E-state index in [2.05, 4.69) is 54.6 Å². The number of Topliss-reactive ketones (excluding diaryl/α,β-unsaturated/α-hetero) is 1. The highest BCUT2D eigenvalue weighted by Gasteiger charge is 2.40. The van der Waals surface area contributed by atoms with Gasteiger partial charge < -0.3 is 13.9 Å². The van der Waals surface area contributed by atoms with Crippen LogP contribution in [0.2, 0.25) is 18.1 Å². The summed E-state index contributed by atoms with van der Waals surface area (Å²) in [6, 6.07) is 0. The number of carbonyl (C=O) groups is 1. The second-order valence-corrected chi connectivity index (χ2v) is 15.9. The fraction of sp³-hybridized carbons (Fsp3) is 0.958. The van der Waals surface area contributed by atoms with Crippen molar-refractivity contribution >= 4 is 14.1 Å². The van der Waals surface area contributed by atoms with E-state index in [0.29, 0.717) is 36.8 Å². The molecular weight excluding hydrogens is 380 g/mol. The van der Waals surface area contributed by atoms with E-state index in [1.165, 1.54) is 0 Å². The molecule has 2 fully saturated rings. The number of ether oxygens (including phenoxy) is 2. The predicted molar refractivity (Wildman–Crippen MR) is 121 cm³/mol. The van der Waals surface area contributed by atoms with Crippen molar-refractivity contribution in [3.63, 3.8) is 0 Å². The van der Waals surface area contributed by atoms with Crippen LogP contribution in [-0.2, 0) is 18.7 Å². The highest BCUT2D eigenvalue weighted by molar-refractivity contribution is 6.74. The van der Waals surface area contributed by atoms with Crippen molar-refractivity contribution in [2.75, 3.05) is 19.8 Å². The zero-order chi connectivity index (χ0) is 21.8. The Hall–Kier alpha value is -0.233. The molecule has 2 rings (SSSR count). The van der Waals surface area contributed by atoms with Crippen LogP contribution >= 0.6 is 0 Å². The molecule has 0 aromatic rings. The average Bonchev–Trinajstić information content (AvgIpc) is 3.10. The maximum Gasteiger partial charge on any atom is 0.191 e. The molecular formula is C24H46O4Si. The Bertz CT molecular complexity index is 521. The van der Waals surface area contributed by atoms with Crippen molar-refractivity contribution < 1.29 is 18.7 Å². The first kappa shape index (κ1) is 25.0. The van der Waals surface area contributed by atoms with Gasteiger partial charge in [0.05, 0.1) is 13.2 Å². The Kier molecular flexibility index (Phi) is 8.96. The van der Waals surface area contributed by atoms with Crippen molar-refractivity contribution in [1.82, 2.24) is 0 Å². The molecule has 0 aromatic heterocycles. The third-order valence-electron chi connectivity index (χ3n) is 8.08. The van der Waals surface area contributed by atoms with Crippen LogP contribution in [0, 0.1) is 29.6 Å². The van der Waals surface area contributed by atoms with Crippen LogP contribution in [0.3, 0.4) is 0 Å². The molecule has 1 aliphatic carbocycles. The molecule has 1 saturated carbocycles. The molecule has 1 heterocycles. The van der Waals surface area contributed by atoms with Gasteiger partial charge in [-0.2, -0.15) is 0 Å². The number of rotatable bonds is 8. The summed E-state index contributed by atoms with van der Waals surface area (Å²) in [4.78, 5) is 13.4. The predicted octanol–water partition coefficient (Wildman–Crippen LogP) is 6.06. The lowest BCUT2D eigenvalue weighted by Gasteiger charge is -2.36. The van der Waals surface area contributed by atoms with Gasteiger partial charge in [-0.1, -0.05) is 41.5 Å². The first-order valence-corrected chi connectivity index (χ1v) is 14.8. The fourth-order valence-corrected chi connectivity index (χ4v) is 5.82. The normalized spacial score (nSPS) is 31.1. The molecule has 4 nitrogen and oxygen atoms in total. The highest BCUT2D eigenvalue weighted by Crippen LogP contribution is 2.41. The van der Waals surface area contributed by atoms with Crippen molar-refractivity contribution in [3.05, 3.63) is 0 Å². The monoisotopic (exact) mass is 426 g/mol. The Morgan fingerprint density at radius 2 is 1.72 bits per heavy atom. The number of ketones is 1. The maximum atomic E-state index is 13.4. The lowest BCUT2D eigenvalue weighted by Crippen LogP contribution is -2.41. The van der Waals surface area contributed by atoms with Gasteiger partial charge >= 0.3 is 0 Å². The Balaban J connectivity index is 1.90. The zero-order valence-corrected chi connectivity index (χ0v) is 21.3. The summed E-state index contributed by atoms with van der Waals surface area (Å²) < 4.78 is 17.6. The fourth-order valence-electron chi connectivity index (χ4n) is 4.76. The standard InChI is InChI=1S/C24H46O4Si/c1-17-9-10-21(18(2)13-14-28-29(7,8)24(4,5)6)23(25)19(3)20(17)11-12-22-26-15-16-27-22/h17-22H,9-16H2,1-8H3/t17-,18?,19-,20+,21-/m0/s1. The van der Waals surface area contributed by atoms with Gasteiger partial charge in [-0.25, -0.2) is 0 Å². The Morgan fingerprint density at radius 3 is 2.31 bits per heavy atom. The molecule has 0 aromatic carbocycles. The van der Waals surface area contributed by atoms with E-state index in [4.69, 9.17) is 13.9 Å². The second kappa shape index (κ2) is 10.4. The number of hydrogen-bond donors (Lipinski definition) is 0. The van der Waals surface area contributed by atoms with Gasteiger partial charge in [-0.15, -0.1) is 0 Å². The van der Waals surface area contributed by atoms with Gasteiger partial charge in [0, 0.05) is 18.4 Å². The van der Waals surface area contributed by atoms with E-state index < -0.39 is 8.32 Å². The lowest BCUT2D eigenvalue weighted by molar-refractivity contribution is -0.129. The van der Waals surface area contributed by atoms with Crippen LogP contribution in [0.4, 0.5) is 0 Å². The smallest absolute Gasteiger partial charge is 0.191 e. The summed E-state index contributed by atoms with van der Waals surface area (Å²) in [5.74, 6) is 2.20. The minimum Gasteiger partial charge on any atom is -0.417 e. The van der Waals surface area contributed by atoms with Crippen molar-refractivity contribution in [2.24, 2.45) is 29.6 Å². The van der Waals surface area contributed by atoms with E-state index >= 15 is 0 Å². The molecule has 0 radical (unpaired) electrons. The highest BCUT2D eigenvalue weighted by atomic mass is 28.4. The minimum absolute atomic E-state index is 0.0602. The van der Waals surface area contributed by atoms with Crippen LogP contribution in [0.25, 0.3) is 0 Å². The van der Waals surface area contributed by atoms with E-state index in [0.717, 1.165) is 38.7 Å². The van der Waals surface area contributed by atoms with Gasteiger partial charge in [0.15, 0.2) is 14.6 Å². The quantitative estimate of drug-likeness (QED) is 0.350. The van der Waals surface area contributed by atoms with Crippen LogP contribution in [0.15, 0.2) is 0 Å². The average molecular weight is 427 g/mol. The zero-order valence-electron chi connectivity index (χ0n) is 20.3. The Labute approximate surface area is 180 Å². The van der Waals surface area contributed by atoms with E-state index in [-0.39, 0.29) is 23.2 Å². The molecule has 1 unspecified atom stereocenters. The summed E-state index contributed by atoms with van der Waals surface area (Å²) in [6.45, 7) is 20.4. The first-order chi connectivity index (χ1) is 13.4. The maximum absolute atomic E-state index is 13.4. The summed E-state index contributed by atoms with van der Waals surface area (Å²) in [6.07, 6.45) is 5.03. The van der Waals surface area contributed by atoms with Gasteiger partial charge in [-0.05, 0) is 68.0 Å². The third-order valence-corrected chi connectivity index (χ3v) is 12.6. The van der Waals surface area contributed by atoms with Gasteiger partial charge in [0.25, 0.3) is 0 Å². The lowest BCUT2D eigenvalue weighted by atomic mass is 9.77. The summed E-state index contributed by atoms with van der Waals surface area (Å²) >= 11 is 0. The van der Waals surface area contributed by atoms with Crippen LogP contribution in [0.5, 0.6) is 0 Å². The van der Waals surface area contributed by atoms with Crippen LogP contribution in [-0.4, -0.2) is 40.2 Å². The largest absolute Gasteiger partial charge is 0.417 e. The Morgan fingerprint density at radius 1 is 1.10 bits per heavy atom. The third kappa shape index (κ3) is 6.62. The van der Waals surface area contributed by atoms with Crippen LogP contribution in [0.1, 0.15) is 73.6 Å². The molecule has 0 N–H and O–H groups in total. The summed E-state index contributed by atoms with van der Waals surface area (Å²) in [5.41, 5.74) is 0. The summed E-state index contributed by atoms with van der Waals surface area (Å²) in [7, 11) is -1.72. The number of hydrogen-bond acceptors (Lipinski definition) is 4. The molecule has 1 saturated heterocycles. The molecule has 0 amide bonds. The van der Waals surface area contributed by atoms with Crippen LogP contribution < -0.4 is 0 Å². The van der Waals surface area contributed by atoms with Gasteiger partial charge in [0.1, 0.15) is 5.78 Å². The molecule has 2 aliphatic rings. The molecule has 29 heavy (non-hydrogen) atoms. The summed E-state index contributed by atoms with van der Waals surface area (Å²) in [5, 5.41) is 0.234. The van der Waals surface area contributed by atoms with E-state index in [1.54, 1.807) is 0 Å². The molecule has 170 valence electrons. The van der Waals surface area contributed by atoms with E-state index in [1.807, 2.05) is 0 Å². The van der Waals surface area contributed by atoms with Crippen molar-refractivity contribution in [1.29, 1.82) is 0 Å². The molecule has 5 heteroatoms. The van der Waals surface area contributed by atoms with Gasteiger partial charge in [0.2, 0.25) is 0 Å². The number of carbonyl (C=O) groups excluding carboxylic acids is 1. The van der Waals surface area contributed by atoms with Gasteiger partial charge in [-0.3, -0.25) is 4.79 Å². The first-order valence-electron chi connectivity index (χ1n) is 11.8. The molecule has 0 spiro atoms. The van der Waals surface area contributed by atoms with E-state index in [9.17, 15) is 4.79 Å².